The van der Waals surface area contributed by atoms with Gasteiger partial charge in [-0.15, -0.1) is 6.58 Å². The molecule has 0 bridgehead atoms. The molecule has 0 aliphatic heterocycles. The lowest BCUT2D eigenvalue weighted by atomic mass is 9.78. The lowest BCUT2D eigenvalue weighted by Crippen LogP contribution is -2.12. The van der Waals surface area contributed by atoms with Crippen LogP contribution in [0.2, 0.25) is 0 Å². The summed E-state index contributed by atoms with van der Waals surface area (Å²) in [5.41, 5.74) is 2.99. The van der Waals surface area contributed by atoms with Crippen molar-refractivity contribution in [3.05, 3.63) is 83.7 Å². The highest BCUT2D eigenvalue weighted by molar-refractivity contribution is 5.34. The Kier molecular flexibility index (Phi) is 6.04. The van der Waals surface area contributed by atoms with Crippen molar-refractivity contribution in [2.24, 2.45) is 5.92 Å². The van der Waals surface area contributed by atoms with Crippen molar-refractivity contribution < 1.29 is 9.13 Å². The van der Waals surface area contributed by atoms with Gasteiger partial charge in [0.15, 0.2) is 0 Å². The van der Waals surface area contributed by atoms with Gasteiger partial charge >= 0.3 is 0 Å². The second kappa shape index (κ2) is 8.44. The maximum Gasteiger partial charge on any atom is 0.129 e. The molecule has 0 amide bonds. The SMILES string of the molecule is C=C[C@H]1CC[C@H](c2ccc(C(OCC)c3ccccc3F)cc2)CC1. The van der Waals surface area contributed by atoms with Gasteiger partial charge in [0.2, 0.25) is 0 Å². The fourth-order valence-corrected chi connectivity index (χ4v) is 3.85. The maximum atomic E-state index is 14.2. The number of allylic oxidation sites excluding steroid dienone is 1. The molecule has 1 unspecified atom stereocenters. The Morgan fingerprint density at radius 1 is 1.08 bits per heavy atom. The Morgan fingerprint density at radius 3 is 2.36 bits per heavy atom. The molecule has 0 radical (unpaired) electrons. The van der Waals surface area contributed by atoms with Crippen LogP contribution >= 0.6 is 0 Å². The van der Waals surface area contributed by atoms with Gasteiger partial charge in [0, 0.05) is 12.2 Å². The van der Waals surface area contributed by atoms with Crippen molar-refractivity contribution in [2.75, 3.05) is 6.61 Å². The molecule has 25 heavy (non-hydrogen) atoms. The van der Waals surface area contributed by atoms with E-state index in [1.165, 1.54) is 37.3 Å². The van der Waals surface area contributed by atoms with Crippen LogP contribution in [0.15, 0.2) is 61.2 Å². The van der Waals surface area contributed by atoms with Crippen LogP contribution in [0.5, 0.6) is 0 Å². The van der Waals surface area contributed by atoms with Crippen molar-refractivity contribution in [3.8, 4) is 0 Å². The highest BCUT2D eigenvalue weighted by Crippen LogP contribution is 2.37. The van der Waals surface area contributed by atoms with Gasteiger partial charge in [-0.3, -0.25) is 0 Å². The molecule has 3 rings (SSSR count). The summed E-state index contributed by atoms with van der Waals surface area (Å²) in [6, 6.07) is 15.5. The average Bonchev–Trinajstić information content (AvgIpc) is 2.67. The molecule has 1 aliphatic rings. The molecule has 1 aliphatic carbocycles. The van der Waals surface area contributed by atoms with Crippen molar-refractivity contribution in [1.29, 1.82) is 0 Å². The molecule has 0 saturated heterocycles. The van der Waals surface area contributed by atoms with Gasteiger partial charge in [-0.1, -0.05) is 48.5 Å². The molecule has 2 aromatic carbocycles. The largest absolute Gasteiger partial charge is 0.369 e. The van der Waals surface area contributed by atoms with Gasteiger partial charge < -0.3 is 4.74 Å². The van der Waals surface area contributed by atoms with E-state index >= 15 is 0 Å². The molecular formula is C23H27FO. The third-order valence-corrected chi connectivity index (χ3v) is 5.34. The van der Waals surface area contributed by atoms with E-state index in [4.69, 9.17) is 4.74 Å². The van der Waals surface area contributed by atoms with Crippen LogP contribution in [0.25, 0.3) is 0 Å². The summed E-state index contributed by atoms with van der Waals surface area (Å²) in [6.45, 7) is 6.41. The Balaban J connectivity index is 1.78. The normalized spacial score (nSPS) is 21.7. The number of hydrogen-bond acceptors (Lipinski definition) is 1. The van der Waals surface area contributed by atoms with Crippen LogP contribution in [0, 0.1) is 11.7 Å². The first-order chi connectivity index (χ1) is 12.2. The molecule has 0 N–H and O–H groups in total. The molecular weight excluding hydrogens is 311 g/mol. The molecule has 132 valence electrons. The Morgan fingerprint density at radius 2 is 1.76 bits per heavy atom. The zero-order chi connectivity index (χ0) is 17.6. The molecule has 1 nitrogen and oxygen atoms in total. The van der Waals surface area contributed by atoms with Gasteiger partial charge in [-0.05, 0) is 61.6 Å². The topological polar surface area (TPSA) is 9.23 Å². The first-order valence-corrected chi connectivity index (χ1v) is 9.31. The van der Waals surface area contributed by atoms with Crippen LogP contribution in [0.1, 0.15) is 61.3 Å². The van der Waals surface area contributed by atoms with Gasteiger partial charge in [-0.25, -0.2) is 4.39 Å². The summed E-state index contributed by atoms with van der Waals surface area (Å²) in [6.07, 6.45) is 6.65. The van der Waals surface area contributed by atoms with Crippen LogP contribution in [-0.4, -0.2) is 6.61 Å². The Hall–Kier alpha value is -1.93. The molecule has 1 atom stereocenters. The molecule has 0 heterocycles. The third-order valence-electron chi connectivity index (χ3n) is 5.34. The second-order valence-electron chi connectivity index (χ2n) is 6.87. The standard InChI is InChI=1S/C23H27FO/c1-3-17-9-11-18(12-10-17)19-13-15-20(16-14-19)23(25-4-2)21-7-5-6-8-22(21)24/h3,5-8,13-18,23H,1,4,9-12H2,2H3/t17-,18-,23?. The van der Waals surface area contributed by atoms with Crippen molar-refractivity contribution >= 4 is 0 Å². The van der Waals surface area contributed by atoms with Crippen LogP contribution in [0.4, 0.5) is 4.39 Å². The summed E-state index contributed by atoms with van der Waals surface area (Å²) < 4.78 is 20.1. The van der Waals surface area contributed by atoms with Crippen molar-refractivity contribution in [1.82, 2.24) is 0 Å². The highest BCUT2D eigenvalue weighted by Gasteiger charge is 2.22. The average molecular weight is 338 g/mol. The van der Waals surface area contributed by atoms with Crippen molar-refractivity contribution in [2.45, 2.75) is 44.6 Å². The number of rotatable bonds is 6. The summed E-state index contributed by atoms with van der Waals surface area (Å²) in [5, 5.41) is 0. The van der Waals surface area contributed by atoms with Crippen LogP contribution < -0.4 is 0 Å². The van der Waals surface area contributed by atoms with Crippen LogP contribution in [-0.2, 0) is 4.74 Å². The van der Waals surface area contributed by atoms with Crippen LogP contribution in [0.3, 0.4) is 0 Å². The van der Waals surface area contributed by atoms with Gasteiger partial charge in [0.25, 0.3) is 0 Å². The molecule has 2 aromatic rings. The van der Waals surface area contributed by atoms with Gasteiger partial charge in [0.1, 0.15) is 11.9 Å². The Labute approximate surface area is 150 Å². The van der Waals surface area contributed by atoms with E-state index in [9.17, 15) is 4.39 Å². The lowest BCUT2D eigenvalue weighted by molar-refractivity contribution is 0.0887. The summed E-state index contributed by atoms with van der Waals surface area (Å²) >= 11 is 0. The fourth-order valence-electron chi connectivity index (χ4n) is 3.85. The monoisotopic (exact) mass is 338 g/mol. The minimum Gasteiger partial charge on any atom is -0.369 e. The van der Waals surface area contributed by atoms with E-state index in [0.717, 1.165) is 5.56 Å². The van der Waals surface area contributed by atoms with Gasteiger partial charge in [-0.2, -0.15) is 0 Å². The van der Waals surface area contributed by atoms with E-state index in [1.807, 2.05) is 13.0 Å². The minimum atomic E-state index is -0.350. The zero-order valence-electron chi connectivity index (χ0n) is 15.0. The predicted octanol–water partition coefficient (Wildman–Crippen LogP) is 6.41. The minimum absolute atomic E-state index is 0.215. The van der Waals surface area contributed by atoms with E-state index < -0.39 is 0 Å². The van der Waals surface area contributed by atoms with E-state index in [1.54, 1.807) is 12.1 Å². The number of hydrogen-bond donors (Lipinski definition) is 0. The van der Waals surface area contributed by atoms with E-state index in [-0.39, 0.29) is 11.9 Å². The lowest BCUT2D eigenvalue weighted by Gasteiger charge is -2.27. The van der Waals surface area contributed by atoms with Crippen molar-refractivity contribution in [3.63, 3.8) is 0 Å². The highest BCUT2D eigenvalue weighted by atomic mass is 19.1. The fraction of sp³-hybridized carbons (Fsp3) is 0.391. The molecule has 1 saturated carbocycles. The Bertz CT molecular complexity index is 683. The van der Waals surface area contributed by atoms with E-state index in [0.29, 0.717) is 24.0 Å². The molecule has 0 aromatic heterocycles. The summed E-state index contributed by atoms with van der Waals surface area (Å²) in [7, 11) is 0. The summed E-state index contributed by atoms with van der Waals surface area (Å²) in [4.78, 5) is 0. The third kappa shape index (κ3) is 4.19. The number of ether oxygens (including phenoxy) is 1. The number of benzene rings is 2. The first kappa shape index (κ1) is 17.9. The summed E-state index contributed by atoms with van der Waals surface area (Å²) in [5.74, 6) is 1.09. The zero-order valence-corrected chi connectivity index (χ0v) is 15.0. The van der Waals surface area contributed by atoms with Gasteiger partial charge in [0.05, 0.1) is 0 Å². The smallest absolute Gasteiger partial charge is 0.129 e. The maximum absolute atomic E-state index is 14.2. The predicted molar refractivity (Wildman–Crippen MR) is 101 cm³/mol. The molecule has 2 heteroatoms. The van der Waals surface area contributed by atoms with E-state index in [2.05, 4.69) is 36.9 Å². The molecule has 1 fully saturated rings. The molecule has 0 spiro atoms. The number of halogens is 1. The second-order valence-corrected chi connectivity index (χ2v) is 6.87. The quantitative estimate of drug-likeness (QED) is 0.553. The first-order valence-electron chi connectivity index (χ1n) is 9.31.